The first-order valence-corrected chi connectivity index (χ1v) is 6.13. The molecule has 0 aliphatic carbocycles. The van der Waals surface area contributed by atoms with Crippen LogP contribution in [-0.4, -0.2) is 15.0 Å². The summed E-state index contributed by atoms with van der Waals surface area (Å²) in [6.07, 6.45) is 4.95. The Morgan fingerprint density at radius 3 is 2.74 bits per heavy atom. The molecule has 4 heteroatoms. The van der Waals surface area contributed by atoms with Crippen LogP contribution in [0.25, 0.3) is 10.9 Å². The summed E-state index contributed by atoms with van der Waals surface area (Å²) in [5.41, 5.74) is 9.88. The Bertz CT molecular complexity index is 710. The molecule has 1 atom stereocenters. The van der Waals surface area contributed by atoms with Crippen molar-refractivity contribution in [1.29, 1.82) is 0 Å². The van der Waals surface area contributed by atoms with Crippen LogP contribution in [0.2, 0.25) is 0 Å². The normalized spacial score (nSPS) is 12.5. The van der Waals surface area contributed by atoms with Gasteiger partial charge in [-0.25, -0.2) is 0 Å². The fourth-order valence-corrected chi connectivity index (χ4v) is 2.16. The predicted molar refractivity (Wildman–Crippen MR) is 74.5 cm³/mol. The molecule has 0 saturated carbocycles. The van der Waals surface area contributed by atoms with E-state index in [0.29, 0.717) is 0 Å². The maximum atomic E-state index is 6.21. The summed E-state index contributed by atoms with van der Waals surface area (Å²) in [6.45, 7) is 2.07. The Morgan fingerprint density at radius 2 is 1.95 bits per heavy atom. The van der Waals surface area contributed by atoms with Crippen LogP contribution in [0.3, 0.4) is 0 Å². The number of nitrogens with zero attached hydrogens (tertiary/aromatic N) is 3. The highest BCUT2D eigenvalue weighted by atomic mass is 14.9. The fourth-order valence-electron chi connectivity index (χ4n) is 2.16. The molecule has 2 heterocycles. The second-order valence-electron chi connectivity index (χ2n) is 4.49. The minimum absolute atomic E-state index is 0.350. The Kier molecular flexibility index (Phi) is 2.93. The molecule has 3 aromatic rings. The van der Waals surface area contributed by atoms with Gasteiger partial charge in [-0.15, -0.1) is 0 Å². The molecular weight excluding hydrogens is 236 g/mol. The maximum Gasteiger partial charge on any atom is 0.0916 e. The van der Waals surface area contributed by atoms with Crippen molar-refractivity contribution in [2.24, 2.45) is 5.73 Å². The van der Waals surface area contributed by atoms with E-state index >= 15 is 0 Å². The monoisotopic (exact) mass is 250 g/mol. The Morgan fingerprint density at radius 1 is 1.11 bits per heavy atom. The van der Waals surface area contributed by atoms with E-state index < -0.39 is 0 Å². The fraction of sp³-hybridized carbons (Fsp3) is 0.133. The molecule has 0 spiro atoms. The lowest BCUT2D eigenvalue weighted by atomic mass is 10.0. The molecule has 2 N–H and O–H groups in total. The zero-order valence-electron chi connectivity index (χ0n) is 10.6. The lowest BCUT2D eigenvalue weighted by Gasteiger charge is -2.12. The van der Waals surface area contributed by atoms with Crippen molar-refractivity contribution in [2.45, 2.75) is 13.0 Å². The molecule has 94 valence electrons. The van der Waals surface area contributed by atoms with Gasteiger partial charge in [0.05, 0.1) is 29.1 Å². The number of aromatic nitrogens is 3. The van der Waals surface area contributed by atoms with Gasteiger partial charge in [-0.05, 0) is 24.6 Å². The highest BCUT2D eigenvalue weighted by molar-refractivity contribution is 5.82. The van der Waals surface area contributed by atoms with E-state index in [0.717, 1.165) is 22.3 Å². The number of benzene rings is 1. The average molecular weight is 250 g/mol. The number of hydrogen-bond donors (Lipinski definition) is 1. The first-order chi connectivity index (χ1) is 9.25. The van der Waals surface area contributed by atoms with Crippen molar-refractivity contribution < 1.29 is 0 Å². The predicted octanol–water partition coefficient (Wildman–Crippen LogP) is 2.38. The van der Waals surface area contributed by atoms with Crippen LogP contribution >= 0.6 is 0 Å². The Labute approximate surface area is 111 Å². The van der Waals surface area contributed by atoms with Crippen LogP contribution in [0.4, 0.5) is 0 Å². The van der Waals surface area contributed by atoms with Gasteiger partial charge in [0.25, 0.3) is 0 Å². The lowest BCUT2D eigenvalue weighted by molar-refractivity contribution is 0.789. The number of pyridine rings is 1. The van der Waals surface area contributed by atoms with Crippen molar-refractivity contribution in [2.75, 3.05) is 0 Å². The smallest absolute Gasteiger partial charge is 0.0916 e. The number of nitrogens with two attached hydrogens (primary N) is 1. The number of para-hydroxylation sites is 1. The van der Waals surface area contributed by atoms with Crippen molar-refractivity contribution in [3.05, 3.63) is 65.9 Å². The molecule has 1 aromatic carbocycles. The first kappa shape index (κ1) is 11.7. The third kappa shape index (κ3) is 2.18. The molecule has 0 saturated heterocycles. The Balaban J connectivity index is 2.11. The van der Waals surface area contributed by atoms with Crippen LogP contribution < -0.4 is 5.73 Å². The number of aryl methyl sites for hydroxylation is 1. The summed E-state index contributed by atoms with van der Waals surface area (Å²) in [6, 6.07) is 9.72. The molecule has 0 amide bonds. The zero-order valence-corrected chi connectivity index (χ0v) is 10.6. The van der Waals surface area contributed by atoms with E-state index in [9.17, 15) is 0 Å². The van der Waals surface area contributed by atoms with E-state index in [1.807, 2.05) is 24.3 Å². The molecule has 0 radical (unpaired) electrons. The summed E-state index contributed by atoms with van der Waals surface area (Å²) >= 11 is 0. The van der Waals surface area contributed by atoms with Crippen LogP contribution in [0, 0.1) is 6.92 Å². The van der Waals surface area contributed by atoms with Crippen molar-refractivity contribution in [3.8, 4) is 0 Å². The molecule has 19 heavy (non-hydrogen) atoms. The largest absolute Gasteiger partial charge is 0.318 e. The molecular formula is C15H14N4. The van der Waals surface area contributed by atoms with Gasteiger partial charge in [-0.3, -0.25) is 15.0 Å². The number of rotatable bonds is 2. The van der Waals surface area contributed by atoms with Gasteiger partial charge in [0.2, 0.25) is 0 Å². The van der Waals surface area contributed by atoms with Gasteiger partial charge in [-0.2, -0.15) is 0 Å². The second-order valence-corrected chi connectivity index (χ2v) is 4.49. The van der Waals surface area contributed by atoms with Crippen molar-refractivity contribution >= 4 is 10.9 Å². The van der Waals surface area contributed by atoms with Crippen molar-refractivity contribution in [3.63, 3.8) is 0 Å². The van der Waals surface area contributed by atoms with E-state index in [2.05, 4.69) is 27.9 Å². The Hall–Kier alpha value is -2.33. The molecule has 0 aliphatic heterocycles. The molecule has 0 fully saturated rings. The molecule has 1 unspecified atom stereocenters. The molecule has 2 aromatic heterocycles. The molecule has 0 aliphatic rings. The van der Waals surface area contributed by atoms with Gasteiger partial charge in [0.1, 0.15) is 0 Å². The summed E-state index contributed by atoms with van der Waals surface area (Å²) < 4.78 is 0. The molecule has 3 rings (SSSR count). The standard InChI is InChI=1S/C15H14N4/c1-10-8-13(15(16)14-9-17-6-7-18-14)19-12-5-3-2-4-11(10)12/h2-9,15H,16H2,1H3. The van der Waals surface area contributed by atoms with E-state index in [1.54, 1.807) is 18.6 Å². The van der Waals surface area contributed by atoms with E-state index in [1.165, 1.54) is 5.56 Å². The number of hydrogen-bond acceptors (Lipinski definition) is 4. The van der Waals surface area contributed by atoms with E-state index in [4.69, 9.17) is 5.73 Å². The summed E-state index contributed by atoms with van der Waals surface area (Å²) in [5.74, 6) is 0. The van der Waals surface area contributed by atoms with E-state index in [-0.39, 0.29) is 6.04 Å². The van der Waals surface area contributed by atoms with Crippen molar-refractivity contribution in [1.82, 2.24) is 15.0 Å². The highest BCUT2D eigenvalue weighted by Crippen LogP contribution is 2.22. The molecule has 0 bridgehead atoms. The quantitative estimate of drug-likeness (QED) is 0.758. The lowest BCUT2D eigenvalue weighted by Crippen LogP contribution is -2.15. The van der Waals surface area contributed by atoms with Gasteiger partial charge >= 0.3 is 0 Å². The first-order valence-electron chi connectivity index (χ1n) is 6.13. The average Bonchev–Trinajstić information content (AvgIpc) is 2.47. The number of fused-ring (bicyclic) bond motifs is 1. The van der Waals surface area contributed by atoms with Crippen LogP contribution in [-0.2, 0) is 0 Å². The van der Waals surface area contributed by atoms with Gasteiger partial charge in [0, 0.05) is 17.8 Å². The summed E-state index contributed by atoms with van der Waals surface area (Å²) in [5, 5.41) is 1.15. The maximum absolute atomic E-state index is 6.21. The van der Waals surface area contributed by atoms with Gasteiger partial charge in [-0.1, -0.05) is 18.2 Å². The second kappa shape index (κ2) is 4.74. The third-order valence-corrected chi connectivity index (χ3v) is 3.16. The van der Waals surface area contributed by atoms with Crippen LogP contribution in [0.15, 0.2) is 48.9 Å². The van der Waals surface area contributed by atoms with Gasteiger partial charge in [0.15, 0.2) is 0 Å². The minimum Gasteiger partial charge on any atom is -0.318 e. The third-order valence-electron chi connectivity index (χ3n) is 3.16. The van der Waals surface area contributed by atoms with Crippen LogP contribution in [0.5, 0.6) is 0 Å². The summed E-state index contributed by atoms with van der Waals surface area (Å²) in [7, 11) is 0. The summed E-state index contributed by atoms with van der Waals surface area (Å²) in [4.78, 5) is 12.9. The van der Waals surface area contributed by atoms with Crippen LogP contribution in [0.1, 0.15) is 23.0 Å². The topological polar surface area (TPSA) is 64.7 Å². The highest BCUT2D eigenvalue weighted by Gasteiger charge is 2.13. The van der Waals surface area contributed by atoms with Gasteiger partial charge < -0.3 is 5.73 Å². The SMILES string of the molecule is Cc1cc(C(N)c2cnccn2)nc2ccccc12. The molecule has 4 nitrogen and oxygen atoms in total. The zero-order chi connectivity index (χ0) is 13.2. The minimum atomic E-state index is -0.350.